The SMILES string of the molecule is CC[Si](CC)(O[C@H]1[C@@H](C)[C@H](C)OC(=O)C[C@H]2C[C@@H](CC[C@@H](O[Si](CC)(CC)C(C)C)[C@H]3C[C@@H](C[C@]4(OC)C[C@H](O[Si](CC)(CC)C(C)C)[C@@H](C(=O)OC)[C@H](C[C@@H](O[C@@H]5O[C@H](C)[C@@H](O[Si](CC)(CC)C(C)C)[C@H](NC(=O)Cc6ccccc6)[C@H]5O)/C=C/C=C/C=C/C=C/C=C/C=C/C=C/[C@@H]1C)O4)OC(c1ccc(OC)cc1)O3)OC(c1ccc(OC)cc1)O2)C(C)C. The number of aliphatic hydroxyl groups excluding tert-OH is 1. The highest BCUT2D eigenvalue weighted by Gasteiger charge is 2.58. The monoisotopic (exact) mass is 1820 g/mol. The first-order chi connectivity index (χ1) is 60.3. The Morgan fingerprint density at radius 1 is 0.500 bits per heavy atom. The van der Waals surface area contributed by atoms with E-state index in [-0.39, 0.29) is 78.5 Å². The summed E-state index contributed by atoms with van der Waals surface area (Å²) >= 11 is 0. The molecule has 2 unspecified atom stereocenters. The molecule has 126 heavy (non-hydrogen) atoms. The molecule has 0 saturated carbocycles. The lowest BCUT2D eigenvalue weighted by Gasteiger charge is -2.52. The number of carbonyl (C=O) groups excluding carboxylic acids is 3. The van der Waals surface area contributed by atoms with Gasteiger partial charge in [0.1, 0.15) is 29.6 Å². The van der Waals surface area contributed by atoms with Gasteiger partial charge in [0.15, 0.2) is 57.9 Å². The summed E-state index contributed by atoms with van der Waals surface area (Å²) < 4.78 is 112. The third-order valence-electron chi connectivity index (χ3n) is 28.4. The number of carbonyl (C=O) groups is 3. The Balaban J connectivity index is 1.29. The molecular formula is C101H159NO20Si4. The van der Waals surface area contributed by atoms with Gasteiger partial charge in [-0.25, -0.2) is 0 Å². The smallest absolute Gasteiger partial charge is 0.313 e. The van der Waals surface area contributed by atoms with Crippen LogP contribution in [0, 0.1) is 17.8 Å². The summed E-state index contributed by atoms with van der Waals surface area (Å²) in [5.41, 5.74) is 3.30. The topological polar surface area (TPSA) is 231 Å². The third-order valence-corrected chi connectivity index (χ3v) is 49.4. The van der Waals surface area contributed by atoms with E-state index < -0.39 is 149 Å². The van der Waals surface area contributed by atoms with Gasteiger partial charge in [-0.3, -0.25) is 14.4 Å². The number of hydrogen-bond acceptors (Lipinski definition) is 20. The van der Waals surface area contributed by atoms with E-state index in [0.29, 0.717) is 42.7 Å². The maximum Gasteiger partial charge on any atom is 0.313 e. The zero-order chi connectivity index (χ0) is 92.1. The van der Waals surface area contributed by atoms with Crippen LogP contribution in [0.1, 0.15) is 219 Å². The van der Waals surface area contributed by atoms with Crippen LogP contribution in [0.15, 0.2) is 164 Å². The largest absolute Gasteiger partial charge is 0.497 e. The minimum Gasteiger partial charge on any atom is -0.497 e. The first kappa shape index (κ1) is 106. The number of allylic oxidation sites excluding steroid dienone is 12. The van der Waals surface area contributed by atoms with Crippen molar-refractivity contribution in [1.29, 1.82) is 0 Å². The van der Waals surface area contributed by atoms with Gasteiger partial charge in [0, 0.05) is 56.3 Å². The van der Waals surface area contributed by atoms with Crippen LogP contribution in [-0.4, -0.2) is 182 Å². The van der Waals surface area contributed by atoms with Crippen LogP contribution in [0.5, 0.6) is 11.5 Å². The van der Waals surface area contributed by atoms with Gasteiger partial charge in [0.05, 0.1) is 107 Å². The average molecular weight is 1820 g/mol. The first-order valence-corrected chi connectivity index (χ1v) is 57.0. The van der Waals surface area contributed by atoms with Gasteiger partial charge >= 0.3 is 11.9 Å². The number of benzene rings is 3. The molecule has 25 heteroatoms. The van der Waals surface area contributed by atoms with Crippen LogP contribution < -0.4 is 14.8 Å². The van der Waals surface area contributed by atoms with Crippen molar-refractivity contribution >= 4 is 51.1 Å². The molecule has 4 saturated heterocycles. The van der Waals surface area contributed by atoms with Crippen molar-refractivity contribution in [2.24, 2.45) is 17.8 Å². The molecule has 0 spiro atoms. The number of ether oxygens (including phenoxy) is 12. The highest BCUT2D eigenvalue weighted by molar-refractivity contribution is 6.76. The van der Waals surface area contributed by atoms with E-state index in [0.717, 1.165) is 65.0 Å². The maximum atomic E-state index is 15.3. The van der Waals surface area contributed by atoms with Crippen LogP contribution in [0.4, 0.5) is 0 Å². The first-order valence-electron chi connectivity index (χ1n) is 47.4. The number of methoxy groups -OCH3 is 4. The van der Waals surface area contributed by atoms with E-state index in [1.54, 1.807) is 21.3 Å². The second-order valence-corrected chi connectivity index (χ2v) is 56.5. The molecule has 21 atom stereocenters. The van der Waals surface area contributed by atoms with E-state index in [1.165, 1.54) is 7.11 Å². The summed E-state index contributed by atoms with van der Waals surface area (Å²) in [5.74, 6) is -2.56. The van der Waals surface area contributed by atoms with Crippen molar-refractivity contribution in [2.45, 2.75) is 377 Å². The number of fused-ring (bicyclic) bond motifs is 6. The van der Waals surface area contributed by atoms with Crippen molar-refractivity contribution in [1.82, 2.24) is 5.32 Å². The van der Waals surface area contributed by atoms with Crippen molar-refractivity contribution in [3.05, 3.63) is 181 Å². The fourth-order valence-electron chi connectivity index (χ4n) is 19.6. The lowest BCUT2D eigenvalue weighted by molar-refractivity contribution is -0.332. The molecule has 3 aromatic carbocycles. The lowest BCUT2D eigenvalue weighted by Crippen LogP contribution is -2.67. The van der Waals surface area contributed by atoms with Crippen molar-refractivity contribution in [2.75, 3.05) is 28.4 Å². The zero-order valence-electron chi connectivity index (χ0n) is 80.7. The predicted molar refractivity (Wildman–Crippen MR) is 510 cm³/mol. The highest BCUT2D eigenvalue weighted by Crippen LogP contribution is 2.49. The Morgan fingerprint density at radius 2 is 0.968 bits per heavy atom. The molecule has 2 N–H and O–H groups in total. The van der Waals surface area contributed by atoms with Gasteiger partial charge in [-0.1, -0.05) is 264 Å². The van der Waals surface area contributed by atoms with Gasteiger partial charge in [-0.05, 0) is 133 Å². The summed E-state index contributed by atoms with van der Waals surface area (Å²) in [4.78, 5) is 44.7. The van der Waals surface area contributed by atoms with Gasteiger partial charge in [0.2, 0.25) is 5.91 Å². The molecule has 0 radical (unpaired) electrons. The summed E-state index contributed by atoms with van der Waals surface area (Å²) in [5, 5.41) is 16.4. The fourth-order valence-corrected chi connectivity index (χ4v) is 34.1. The second-order valence-electron chi connectivity index (χ2n) is 36.8. The summed E-state index contributed by atoms with van der Waals surface area (Å²) in [6.07, 6.45) is 17.4. The summed E-state index contributed by atoms with van der Waals surface area (Å²) in [6, 6.07) is 30.8. The Hall–Kier alpha value is -5.80. The molecule has 0 aliphatic carbocycles. The van der Waals surface area contributed by atoms with Crippen molar-refractivity contribution < 1.29 is 94.0 Å². The Labute approximate surface area is 761 Å². The minimum absolute atomic E-state index is 0.00253. The molecule has 1 amide bonds. The highest BCUT2D eigenvalue weighted by atomic mass is 28.4. The molecule has 5 aliphatic rings. The Bertz CT molecular complexity index is 3950. The summed E-state index contributed by atoms with van der Waals surface area (Å²) in [7, 11) is -3.78. The van der Waals surface area contributed by atoms with Crippen LogP contribution in [0.25, 0.3) is 0 Å². The van der Waals surface area contributed by atoms with Crippen LogP contribution >= 0.6 is 0 Å². The number of esters is 2. The fraction of sp³-hybridized carbons (Fsp3) is 0.653. The van der Waals surface area contributed by atoms with Crippen LogP contribution in [0.3, 0.4) is 0 Å². The van der Waals surface area contributed by atoms with Crippen molar-refractivity contribution in [3.8, 4) is 11.5 Å². The van der Waals surface area contributed by atoms with Crippen LogP contribution in [0.2, 0.25) is 70.5 Å². The Morgan fingerprint density at radius 3 is 1.46 bits per heavy atom. The van der Waals surface area contributed by atoms with E-state index in [9.17, 15) is 14.7 Å². The number of amides is 1. The second kappa shape index (κ2) is 50.7. The average Bonchev–Trinajstić information content (AvgIpc) is 0.751. The number of nitrogens with one attached hydrogen (secondary N) is 1. The van der Waals surface area contributed by atoms with E-state index in [2.05, 4.69) is 142 Å². The van der Waals surface area contributed by atoms with Crippen LogP contribution in [-0.2, 0) is 85.9 Å². The van der Waals surface area contributed by atoms with Gasteiger partial charge < -0.3 is 85.0 Å². The third kappa shape index (κ3) is 28.1. The molecule has 8 rings (SSSR count). The molecule has 0 aromatic heterocycles. The summed E-state index contributed by atoms with van der Waals surface area (Å²) in [6.45, 7) is 43.9. The quantitative estimate of drug-likeness (QED) is 0.0450. The normalized spacial score (nSPS) is 31.8. The number of hydrogen-bond donors (Lipinski definition) is 2. The molecular weight excluding hydrogens is 1660 g/mol. The molecule has 5 aliphatic heterocycles. The van der Waals surface area contributed by atoms with Gasteiger partial charge in [-0.15, -0.1) is 0 Å². The zero-order valence-corrected chi connectivity index (χ0v) is 84.7. The predicted octanol–water partition coefficient (Wildman–Crippen LogP) is 22.1. The molecule has 21 nitrogen and oxygen atoms in total. The molecule has 3 aromatic rings. The van der Waals surface area contributed by atoms with E-state index in [4.69, 9.17) is 74.5 Å². The Kier molecular flexibility index (Phi) is 42.5. The maximum absolute atomic E-state index is 15.3. The van der Waals surface area contributed by atoms with Gasteiger partial charge in [0.25, 0.3) is 0 Å². The molecule has 704 valence electrons. The molecule has 5 heterocycles. The van der Waals surface area contributed by atoms with Gasteiger partial charge in [-0.2, -0.15) is 0 Å². The minimum atomic E-state index is -2.72. The lowest BCUT2D eigenvalue weighted by atomic mass is 9.82. The molecule has 4 fully saturated rings. The number of rotatable bonds is 31. The van der Waals surface area contributed by atoms with E-state index in [1.807, 2.05) is 166 Å². The molecule has 6 bridgehead atoms. The van der Waals surface area contributed by atoms with E-state index >= 15 is 4.79 Å². The standard InChI is InChI=1S/C101H159NO20Si4/c1-25-123(26-2,69(9)10)119-86-61-60-83-63-84(115-98(113-83)78-52-56-80(107-21)57-53-78)66-91(104)111-75(19)74(18)95(121-125(29-5,30-6)71(13)14)73(17)48-44-41-39-37-35-33-34-36-38-40-42-47-51-82(114-100-94(105)93(102-90(103)62-77-49-45-43-46-50-77)96(76(20)112-100)122-126(31-7,32-8)72(15)16)64-88-92(97(106)109-23)89(120-124(27-3,28-4)70(11)12)68-101(110-24,118-88)67-85-65-87(86)117-99(116-85)79-54-58-81(108-22)59-55-79/h33-59,69-76,82-89,92-96,98-100,105H,25-32,60-68H2,1-24H3,(H,102,103)/b34-33+,37-35+,38-36+,41-39+,42-40+,48-44+,51-47+/t73-,74-,75-,76+,82-,83+,84+,85-,86+,87+,88-,89-,92-,93+,94+,95+,96+,98?,99?,100-,101+/m0/s1. The number of cyclic esters (lactones) is 1. The number of aliphatic hydroxyl groups is 1. The van der Waals surface area contributed by atoms with Crippen molar-refractivity contribution in [3.63, 3.8) is 0 Å².